The second-order valence-corrected chi connectivity index (χ2v) is 16.5. The number of hydrogen-bond donors (Lipinski definition) is 7. The Labute approximate surface area is 352 Å². The van der Waals surface area contributed by atoms with Crippen LogP contribution in [0.1, 0.15) is 154 Å². The van der Waals surface area contributed by atoms with Crippen LogP contribution < -0.4 is 10.1 Å². The maximum Gasteiger partial charge on any atom is 0.220 e. The normalized spacial score (nSPS) is 20.9. The highest BCUT2D eigenvalue weighted by Gasteiger charge is 2.44. The number of halogens is 1. The van der Waals surface area contributed by atoms with Crippen LogP contribution in [-0.4, -0.2) is 98.7 Å². The van der Waals surface area contributed by atoms with Gasteiger partial charge in [-0.05, 0) is 67.6 Å². The number of benzene rings is 2. The maximum absolute atomic E-state index is 13.1. The number of amides is 1. The van der Waals surface area contributed by atoms with Crippen molar-refractivity contribution in [3.63, 3.8) is 0 Å². The van der Waals surface area contributed by atoms with E-state index < -0.39 is 55.6 Å². The van der Waals surface area contributed by atoms with E-state index >= 15 is 0 Å². The fourth-order valence-electron chi connectivity index (χ4n) is 7.58. The number of hydrogen-bond acceptors (Lipinski definition) is 10. The van der Waals surface area contributed by atoms with Crippen LogP contribution in [0.5, 0.6) is 11.5 Å². The van der Waals surface area contributed by atoms with E-state index in [1.165, 1.54) is 69.1 Å². The molecule has 2 aromatic carbocycles. The third kappa shape index (κ3) is 20.6. The van der Waals surface area contributed by atoms with Gasteiger partial charge < -0.3 is 50.2 Å². The van der Waals surface area contributed by atoms with Gasteiger partial charge in [-0.3, -0.25) is 4.79 Å². The predicted octanol–water partition coefficient (Wildman–Crippen LogP) is 7.79. The highest BCUT2D eigenvalue weighted by molar-refractivity contribution is 5.76. The monoisotopic (exact) mass is 834 g/mol. The molecule has 3 rings (SSSR count). The van der Waals surface area contributed by atoms with Crippen LogP contribution in [0.3, 0.4) is 0 Å². The summed E-state index contributed by atoms with van der Waals surface area (Å²) in [7, 11) is 0. The molecule has 8 atom stereocenters. The zero-order chi connectivity index (χ0) is 42.7. The topological polar surface area (TPSA) is 178 Å². The molecule has 0 aromatic heterocycles. The number of carbonyl (C=O) groups is 1. The summed E-state index contributed by atoms with van der Waals surface area (Å²) < 4.78 is 30.0. The summed E-state index contributed by atoms with van der Waals surface area (Å²) in [4.78, 5) is 13.0. The van der Waals surface area contributed by atoms with Crippen LogP contribution >= 0.6 is 0 Å². The van der Waals surface area contributed by atoms with Crippen molar-refractivity contribution in [3.8, 4) is 11.5 Å². The van der Waals surface area contributed by atoms with Crippen molar-refractivity contribution in [2.24, 2.45) is 0 Å². The van der Waals surface area contributed by atoms with Crippen molar-refractivity contribution in [2.45, 2.75) is 204 Å². The van der Waals surface area contributed by atoms with Crippen LogP contribution in [-0.2, 0) is 20.7 Å². The van der Waals surface area contributed by atoms with Gasteiger partial charge in [-0.25, -0.2) is 4.39 Å². The van der Waals surface area contributed by atoms with Gasteiger partial charge in [0.05, 0.1) is 25.4 Å². The first-order valence-corrected chi connectivity index (χ1v) is 22.7. The molecule has 59 heavy (non-hydrogen) atoms. The molecule has 336 valence electrons. The van der Waals surface area contributed by atoms with Crippen molar-refractivity contribution < 1.29 is 54.0 Å². The van der Waals surface area contributed by atoms with Gasteiger partial charge in [0.25, 0.3) is 0 Å². The van der Waals surface area contributed by atoms with Crippen molar-refractivity contribution in [1.29, 1.82) is 0 Å². The Balaban J connectivity index is 1.32. The Morgan fingerprint density at radius 2 is 1.20 bits per heavy atom. The molecule has 0 saturated carbocycles. The molecule has 7 N–H and O–H groups in total. The number of ether oxygens (including phenoxy) is 3. The van der Waals surface area contributed by atoms with Crippen LogP contribution in [0.25, 0.3) is 0 Å². The molecule has 0 radical (unpaired) electrons. The smallest absolute Gasteiger partial charge is 0.220 e. The van der Waals surface area contributed by atoms with E-state index in [2.05, 4.69) is 24.4 Å². The van der Waals surface area contributed by atoms with Gasteiger partial charge in [0, 0.05) is 6.42 Å². The summed E-state index contributed by atoms with van der Waals surface area (Å²) in [6, 6.07) is 12.9. The van der Waals surface area contributed by atoms with E-state index in [1.807, 2.05) is 12.1 Å². The van der Waals surface area contributed by atoms with Crippen LogP contribution in [0.15, 0.2) is 48.5 Å². The zero-order valence-corrected chi connectivity index (χ0v) is 35.6. The van der Waals surface area contributed by atoms with E-state index in [0.717, 1.165) is 82.8 Å². The third-order valence-electron chi connectivity index (χ3n) is 11.4. The summed E-state index contributed by atoms with van der Waals surface area (Å²) in [5.74, 6) is 0.728. The summed E-state index contributed by atoms with van der Waals surface area (Å²) >= 11 is 0. The van der Waals surface area contributed by atoms with Gasteiger partial charge in [-0.15, -0.1) is 0 Å². The van der Waals surface area contributed by atoms with Crippen molar-refractivity contribution >= 4 is 5.91 Å². The lowest BCUT2D eigenvalue weighted by Crippen LogP contribution is -2.60. The van der Waals surface area contributed by atoms with Crippen LogP contribution in [0.2, 0.25) is 0 Å². The minimum absolute atomic E-state index is 0.242. The Morgan fingerprint density at radius 3 is 1.76 bits per heavy atom. The molecule has 11 nitrogen and oxygen atoms in total. The fourth-order valence-corrected chi connectivity index (χ4v) is 7.58. The highest BCUT2D eigenvalue weighted by Crippen LogP contribution is 2.24. The number of carbonyl (C=O) groups excluding carboxylic acids is 1. The average Bonchev–Trinajstić information content (AvgIpc) is 3.24. The largest absolute Gasteiger partial charge is 0.457 e. The second kappa shape index (κ2) is 30.4. The van der Waals surface area contributed by atoms with E-state index in [4.69, 9.17) is 14.2 Å². The van der Waals surface area contributed by atoms with E-state index in [1.54, 1.807) is 12.1 Å². The Hall–Kier alpha value is -2.68. The van der Waals surface area contributed by atoms with Gasteiger partial charge >= 0.3 is 0 Å². The molecule has 0 unspecified atom stereocenters. The lowest BCUT2D eigenvalue weighted by molar-refractivity contribution is -0.303. The van der Waals surface area contributed by atoms with Gasteiger partial charge in [0.15, 0.2) is 6.29 Å². The molecular weight excluding hydrogens is 758 g/mol. The van der Waals surface area contributed by atoms with E-state index in [0.29, 0.717) is 18.6 Å². The SMILES string of the molecule is CCCCCCCCCCCCCC[C@@H](O)[C@@H](O)[C@H](CO[C@H]1O[C@H](CO)[C@H](O)[C@H](O)[C@H]1O)NC(=O)CCCCCCCCCCc1ccc(Oc2ccc(F)cc2)cc1. The van der Waals surface area contributed by atoms with Crippen LogP contribution in [0, 0.1) is 5.82 Å². The lowest BCUT2D eigenvalue weighted by Gasteiger charge is -2.40. The second-order valence-electron chi connectivity index (χ2n) is 16.5. The molecule has 0 spiro atoms. The molecule has 1 aliphatic rings. The van der Waals surface area contributed by atoms with Crippen molar-refractivity contribution in [1.82, 2.24) is 5.32 Å². The van der Waals surface area contributed by atoms with Gasteiger partial charge in [-0.2, -0.15) is 0 Å². The van der Waals surface area contributed by atoms with Gasteiger partial charge in [0.1, 0.15) is 47.8 Å². The number of aryl methyl sites for hydroxylation is 1. The molecule has 1 amide bonds. The molecule has 1 saturated heterocycles. The minimum atomic E-state index is -1.62. The fraction of sp³-hybridized carbons (Fsp3) is 0.723. The summed E-state index contributed by atoms with van der Waals surface area (Å²) in [6.07, 6.45) is 14.1. The van der Waals surface area contributed by atoms with Crippen molar-refractivity contribution in [2.75, 3.05) is 13.2 Å². The highest BCUT2D eigenvalue weighted by atomic mass is 19.1. The molecule has 1 fully saturated rings. The summed E-state index contributed by atoms with van der Waals surface area (Å²) in [5, 5.41) is 65.2. The number of aliphatic hydroxyl groups excluding tert-OH is 6. The molecular formula is C47H76FNO10. The molecule has 2 aromatic rings. The summed E-state index contributed by atoms with van der Waals surface area (Å²) in [5.41, 5.74) is 1.25. The number of unbranched alkanes of at least 4 members (excludes halogenated alkanes) is 18. The van der Waals surface area contributed by atoms with Crippen LogP contribution in [0.4, 0.5) is 4.39 Å². The number of nitrogens with one attached hydrogen (secondary N) is 1. The molecule has 1 aliphatic heterocycles. The zero-order valence-electron chi connectivity index (χ0n) is 35.6. The Bertz CT molecular complexity index is 1350. The molecule has 1 heterocycles. The number of aliphatic hydroxyl groups is 6. The Morgan fingerprint density at radius 1 is 0.695 bits per heavy atom. The van der Waals surface area contributed by atoms with Gasteiger partial charge in [0.2, 0.25) is 5.91 Å². The lowest BCUT2D eigenvalue weighted by atomic mass is 9.98. The third-order valence-corrected chi connectivity index (χ3v) is 11.4. The molecule has 12 heteroatoms. The minimum Gasteiger partial charge on any atom is -0.457 e. The molecule has 0 aliphatic carbocycles. The first kappa shape index (κ1) is 50.7. The first-order valence-electron chi connectivity index (χ1n) is 22.7. The maximum atomic E-state index is 13.1. The van der Waals surface area contributed by atoms with E-state index in [9.17, 15) is 39.8 Å². The predicted molar refractivity (Wildman–Crippen MR) is 228 cm³/mol. The first-order chi connectivity index (χ1) is 28.6. The summed E-state index contributed by atoms with van der Waals surface area (Å²) in [6.45, 7) is 1.29. The van der Waals surface area contributed by atoms with E-state index in [-0.39, 0.29) is 24.8 Å². The van der Waals surface area contributed by atoms with Crippen molar-refractivity contribution in [3.05, 3.63) is 59.9 Å². The Kier molecular flexibility index (Phi) is 26.1. The molecule has 0 bridgehead atoms. The average molecular weight is 834 g/mol. The standard InChI is InChI=1S/C47H76FNO10/c1-2-3-4-5-6-7-8-9-10-14-17-20-23-40(51)43(53)39(34-57-47-46(56)45(55)44(54)41(33-50)59-47)49-42(52)24-21-18-15-12-11-13-16-19-22-35-25-29-37(30-26-35)58-38-31-27-36(48)28-32-38/h25-32,39-41,43-47,50-51,53-56H,2-24,33-34H2,1H3,(H,49,52)/t39-,40+,41+,43-,44-,45-,46+,47-/m0/s1. The quantitative estimate of drug-likeness (QED) is 0.0352. The number of rotatable bonds is 33. The van der Waals surface area contributed by atoms with Gasteiger partial charge in [-0.1, -0.05) is 135 Å².